The lowest BCUT2D eigenvalue weighted by Gasteiger charge is -2.32. The fraction of sp³-hybridized carbons (Fsp3) is 0.435. The van der Waals surface area contributed by atoms with Crippen molar-refractivity contribution in [2.75, 3.05) is 39.0 Å². The van der Waals surface area contributed by atoms with Gasteiger partial charge in [-0.2, -0.15) is 0 Å². The van der Waals surface area contributed by atoms with Gasteiger partial charge in [0.1, 0.15) is 5.75 Å². The number of hydrogen-bond donors (Lipinski definition) is 3. The SMILES string of the molecule is COc1cc(N)c(Cl)cc1C(=O)NCC1CCN(CCC(O)c2cccc(Cl)c2Cl)CC1. The minimum atomic E-state index is -0.653. The van der Waals surface area contributed by atoms with E-state index in [1.165, 1.54) is 13.2 Å². The predicted molar refractivity (Wildman–Crippen MR) is 130 cm³/mol. The number of nitrogens with two attached hydrogens (primary N) is 1. The fourth-order valence-corrected chi connectivity index (χ4v) is 4.50. The van der Waals surface area contributed by atoms with Crippen LogP contribution in [0.15, 0.2) is 30.3 Å². The second kappa shape index (κ2) is 11.4. The number of nitrogen functional groups attached to an aromatic ring is 1. The maximum absolute atomic E-state index is 12.6. The molecule has 1 aliphatic rings. The van der Waals surface area contributed by atoms with Gasteiger partial charge >= 0.3 is 0 Å². The van der Waals surface area contributed by atoms with Crippen LogP contribution in [0, 0.1) is 5.92 Å². The Balaban J connectivity index is 1.44. The van der Waals surface area contributed by atoms with E-state index >= 15 is 0 Å². The maximum atomic E-state index is 12.6. The summed E-state index contributed by atoms with van der Waals surface area (Å²) < 4.78 is 5.26. The number of halogens is 3. The first-order valence-electron chi connectivity index (χ1n) is 10.6. The quantitative estimate of drug-likeness (QED) is 0.453. The van der Waals surface area contributed by atoms with Crippen molar-refractivity contribution in [1.29, 1.82) is 0 Å². The predicted octanol–water partition coefficient (Wildman–Crippen LogP) is 4.80. The number of likely N-dealkylation sites (tertiary alicyclic amines) is 1. The second-order valence-electron chi connectivity index (χ2n) is 8.02. The smallest absolute Gasteiger partial charge is 0.255 e. The Morgan fingerprint density at radius 1 is 1.25 bits per heavy atom. The van der Waals surface area contributed by atoms with E-state index in [4.69, 9.17) is 45.3 Å². The molecule has 4 N–H and O–H groups in total. The van der Waals surface area contributed by atoms with Gasteiger partial charge in [-0.1, -0.05) is 46.9 Å². The Labute approximate surface area is 203 Å². The van der Waals surface area contributed by atoms with Gasteiger partial charge in [-0.15, -0.1) is 0 Å². The monoisotopic (exact) mass is 499 g/mol. The maximum Gasteiger partial charge on any atom is 0.255 e. The minimum absolute atomic E-state index is 0.229. The van der Waals surface area contributed by atoms with E-state index in [1.807, 2.05) is 0 Å². The van der Waals surface area contributed by atoms with E-state index in [1.54, 1.807) is 24.3 Å². The van der Waals surface area contributed by atoms with Crippen molar-refractivity contribution >= 4 is 46.4 Å². The van der Waals surface area contributed by atoms with Crippen LogP contribution in [0.5, 0.6) is 5.75 Å². The molecule has 1 unspecified atom stereocenters. The summed E-state index contributed by atoms with van der Waals surface area (Å²) >= 11 is 18.3. The van der Waals surface area contributed by atoms with Gasteiger partial charge in [0.2, 0.25) is 0 Å². The molecule has 1 fully saturated rings. The second-order valence-corrected chi connectivity index (χ2v) is 9.21. The molecule has 1 heterocycles. The van der Waals surface area contributed by atoms with Gasteiger partial charge in [-0.25, -0.2) is 0 Å². The molecule has 0 aromatic heterocycles. The van der Waals surface area contributed by atoms with Crippen molar-refractivity contribution in [3.63, 3.8) is 0 Å². The number of methoxy groups -OCH3 is 1. The number of ether oxygens (including phenoxy) is 1. The van der Waals surface area contributed by atoms with Crippen molar-refractivity contribution < 1.29 is 14.6 Å². The number of aliphatic hydroxyl groups is 1. The molecule has 9 heteroatoms. The number of aliphatic hydroxyl groups excluding tert-OH is 1. The summed E-state index contributed by atoms with van der Waals surface area (Å²) in [6.45, 7) is 3.17. The first-order chi connectivity index (χ1) is 15.3. The van der Waals surface area contributed by atoms with Crippen LogP contribution in [-0.4, -0.2) is 49.2 Å². The lowest BCUT2D eigenvalue weighted by molar-refractivity contribution is 0.0925. The standard InChI is InChI=1S/C23H28Cl3N3O3/c1-32-21-12-19(27)18(25)11-16(21)23(31)28-13-14-5-8-29(9-6-14)10-7-20(30)15-3-2-4-17(24)22(15)26/h2-4,11-12,14,20,30H,5-10,13,27H2,1H3,(H,28,31). The first-order valence-corrected chi connectivity index (χ1v) is 11.7. The van der Waals surface area contributed by atoms with Crippen molar-refractivity contribution in [2.24, 2.45) is 5.92 Å². The zero-order chi connectivity index (χ0) is 23.3. The van der Waals surface area contributed by atoms with Crippen LogP contribution >= 0.6 is 34.8 Å². The number of piperidine rings is 1. The molecule has 174 valence electrons. The number of anilines is 1. The van der Waals surface area contributed by atoms with Crippen molar-refractivity contribution in [3.8, 4) is 5.75 Å². The molecule has 0 saturated carbocycles. The zero-order valence-electron chi connectivity index (χ0n) is 17.9. The average molecular weight is 501 g/mol. The van der Waals surface area contributed by atoms with Crippen LogP contribution in [-0.2, 0) is 0 Å². The molecule has 1 amide bonds. The number of amides is 1. The van der Waals surface area contributed by atoms with Crippen LogP contribution in [0.3, 0.4) is 0 Å². The van der Waals surface area contributed by atoms with Crippen molar-refractivity contribution in [1.82, 2.24) is 10.2 Å². The van der Waals surface area contributed by atoms with E-state index in [-0.39, 0.29) is 5.91 Å². The molecule has 0 spiro atoms. The van der Waals surface area contributed by atoms with Crippen LogP contribution in [0.1, 0.15) is 41.3 Å². The Morgan fingerprint density at radius 3 is 2.66 bits per heavy atom. The van der Waals surface area contributed by atoms with Gasteiger partial charge in [-0.05, 0) is 50.4 Å². The summed E-state index contributed by atoms with van der Waals surface area (Å²) in [7, 11) is 1.49. The minimum Gasteiger partial charge on any atom is -0.496 e. The van der Waals surface area contributed by atoms with Gasteiger partial charge in [0.25, 0.3) is 5.91 Å². The third kappa shape index (κ3) is 6.21. The molecule has 0 radical (unpaired) electrons. The molecule has 1 saturated heterocycles. The molecule has 32 heavy (non-hydrogen) atoms. The summed E-state index contributed by atoms with van der Waals surface area (Å²) in [5, 5.41) is 14.7. The molecule has 3 rings (SSSR count). The summed E-state index contributed by atoms with van der Waals surface area (Å²) in [5.41, 5.74) is 7.19. The molecule has 2 aromatic carbocycles. The van der Waals surface area contributed by atoms with Gasteiger partial charge in [0.05, 0.1) is 39.5 Å². The molecule has 1 atom stereocenters. The Morgan fingerprint density at radius 2 is 1.97 bits per heavy atom. The van der Waals surface area contributed by atoms with E-state index in [0.717, 1.165) is 32.5 Å². The average Bonchev–Trinajstić information content (AvgIpc) is 2.79. The van der Waals surface area contributed by atoms with Gasteiger partial charge < -0.3 is 25.8 Å². The van der Waals surface area contributed by atoms with Crippen LogP contribution in [0.25, 0.3) is 0 Å². The summed E-state index contributed by atoms with van der Waals surface area (Å²) in [6.07, 6.45) is 1.86. The topological polar surface area (TPSA) is 87.8 Å². The lowest BCUT2D eigenvalue weighted by atomic mass is 9.96. The Bertz CT molecular complexity index is 950. The molecule has 1 aliphatic heterocycles. The highest BCUT2D eigenvalue weighted by atomic mass is 35.5. The molecule has 6 nitrogen and oxygen atoms in total. The number of carbonyl (C=O) groups is 1. The molecular weight excluding hydrogens is 473 g/mol. The highest BCUT2D eigenvalue weighted by molar-refractivity contribution is 6.42. The number of carbonyl (C=O) groups excluding carboxylic acids is 1. The highest BCUT2D eigenvalue weighted by Gasteiger charge is 2.22. The van der Waals surface area contributed by atoms with Crippen molar-refractivity contribution in [3.05, 3.63) is 56.5 Å². The van der Waals surface area contributed by atoms with E-state index in [9.17, 15) is 9.90 Å². The number of nitrogens with zero attached hydrogens (tertiary/aromatic N) is 1. The summed E-state index contributed by atoms with van der Waals surface area (Å²) in [4.78, 5) is 14.9. The number of nitrogens with one attached hydrogen (secondary N) is 1. The third-order valence-corrected chi connectivity index (χ3v) is 7.04. The number of rotatable bonds is 8. The normalized spacial score (nSPS) is 16.0. The molecule has 0 aliphatic carbocycles. The summed E-state index contributed by atoms with van der Waals surface area (Å²) in [6, 6.07) is 8.39. The molecule has 2 aromatic rings. The number of hydrogen-bond acceptors (Lipinski definition) is 5. The zero-order valence-corrected chi connectivity index (χ0v) is 20.2. The summed E-state index contributed by atoms with van der Waals surface area (Å²) in [5.74, 6) is 0.558. The third-order valence-electron chi connectivity index (χ3n) is 5.88. The van der Waals surface area contributed by atoms with Gasteiger partial charge in [0, 0.05) is 24.7 Å². The van der Waals surface area contributed by atoms with Gasteiger partial charge in [0.15, 0.2) is 0 Å². The van der Waals surface area contributed by atoms with Crippen LogP contribution < -0.4 is 15.8 Å². The molecular formula is C23H28Cl3N3O3. The van der Waals surface area contributed by atoms with Crippen molar-refractivity contribution in [2.45, 2.75) is 25.4 Å². The molecule has 0 bridgehead atoms. The van der Waals surface area contributed by atoms with Crippen LogP contribution in [0.4, 0.5) is 5.69 Å². The highest BCUT2D eigenvalue weighted by Crippen LogP contribution is 2.32. The lowest BCUT2D eigenvalue weighted by Crippen LogP contribution is -2.39. The first kappa shape index (κ1) is 24.9. The van der Waals surface area contributed by atoms with Crippen LogP contribution in [0.2, 0.25) is 15.1 Å². The largest absolute Gasteiger partial charge is 0.496 e. The van der Waals surface area contributed by atoms with Gasteiger partial charge in [-0.3, -0.25) is 4.79 Å². The Hall–Kier alpha value is -1.70. The van der Waals surface area contributed by atoms with E-state index in [2.05, 4.69) is 10.2 Å². The number of benzene rings is 2. The fourth-order valence-electron chi connectivity index (χ4n) is 3.90. The van der Waals surface area contributed by atoms with E-state index in [0.29, 0.717) is 56.5 Å². The Kier molecular flexibility index (Phi) is 8.91. The van der Waals surface area contributed by atoms with E-state index < -0.39 is 6.10 Å².